The number of aliphatic imine (C=N–C) groups is 1. The van der Waals surface area contributed by atoms with Crippen LogP contribution < -0.4 is 10.6 Å². The quantitative estimate of drug-likeness (QED) is 0.397. The lowest BCUT2D eigenvalue weighted by Gasteiger charge is -2.11. The third kappa shape index (κ3) is 8.70. The molecule has 0 spiro atoms. The van der Waals surface area contributed by atoms with Crippen LogP contribution in [0, 0.1) is 5.92 Å². The topological polar surface area (TPSA) is 54.2 Å². The number of aryl methyl sites for hydroxylation is 2. The van der Waals surface area contributed by atoms with Crippen LogP contribution in [-0.4, -0.2) is 35.4 Å². The fourth-order valence-corrected chi connectivity index (χ4v) is 2.30. The number of hydrogen-bond acceptors (Lipinski definition) is 2. The third-order valence-electron chi connectivity index (χ3n) is 3.50. The first-order chi connectivity index (χ1) is 10.6. The van der Waals surface area contributed by atoms with Crippen molar-refractivity contribution in [3.8, 4) is 0 Å². The predicted octanol–water partition coefficient (Wildman–Crippen LogP) is 2.73. The number of nitrogens with zero attached hydrogens (tertiary/aromatic N) is 3. The van der Waals surface area contributed by atoms with E-state index in [-0.39, 0.29) is 0 Å². The highest BCUT2D eigenvalue weighted by Crippen LogP contribution is 2.05. The summed E-state index contributed by atoms with van der Waals surface area (Å²) in [5.74, 6) is 1.74. The van der Waals surface area contributed by atoms with Crippen molar-refractivity contribution in [2.75, 3.05) is 19.6 Å². The van der Waals surface area contributed by atoms with Crippen molar-refractivity contribution in [2.45, 2.75) is 52.9 Å². The van der Waals surface area contributed by atoms with Crippen molar-refractivity contribution in [1.29, 1.82) is 0 Å². The van der Waals surface area contributed by atoms with Crippen molar-refractivity contribution in [1.82, 2.24) is 20.4 Å². The Labute approximate surface area is 135 Å². The van der Waals surface area contributed by atoms with Gasteiger partial charge in [0.1, 0.15) is 0 Å². The lowest BCUT2D eigenvalue weighted by molar-refractivity contribution is 0.534. The van der Waals surface area contributed by atoms with Crippen molar-refractivity contribution >= 4 is 5.96 Å². The molecule has 126 valence electrons. The first-order valence-corrected chi connectivity index (χ1v) is 8.61. The maximum atomic E-state index is 4.64. The maximum absolute atomic E-state index is 4.64. The van der Waals surface area contributed by atoms with E-state index in [1.165, 1.54) is 24.8 Å². The molecule has 0 fully saturated rings. The lowest BCUT2D eigenvalue weighted by atomic mass is 10.1. The van der Waals surface area contributed by atoms with Crippen LogP contribution in [0.1, 0.15) is 52.0 Å². The zero-order chi connectivity index (χ0) is 16.2. The van der Waals surface area contributed by atoms with Gasteiger partial charge in [-0.05, 0) is 37.7 Å². The summed E-state index contributed by atoms with van der Waals surface area (Å²) >= 11 is 0. The Balaban J connectivity index is 2.20. The summed E-state index contributed by atoms with van der Waals surface area (Å²) in [4.78, 5) is 4.64. The van der Waals surface area contributed by atoms with Crippen LogP contribution in [-0.2, 0) is 13.5 Å². The molecule has 0 unspecified atom stereocenters. The normalized spacial score (nSPS) is 12.0. The van der Waals surface area contributed by atoms with Crippen LogP contribution in [0.5, 0.6) is 0 Å². The van der Waals surface area contributed by atoms with Gasteiger partial charge in [-0.25, -0.2) is 0 Å². The first kappa shape index (κ1) is 18.5. The third-order valence-corrected chi connectivity index (χ3v) is 3.50. The molecular formula is C17H33N5. The van der Waals surface area contributed by atoms with Crippen molar-refractivity contribution < 1.29 is 0 Å². The minimum Gasteiger partial charge on any atom is -0.357 e. The van der Waals surface area contributed by atoms with E-state index in [9.17, 15) is 0 Å². The Kier molecular flexibility index (Phi) is 9.35. The van der Waals surface area contributed by atoms with Crippen LogP contribution in [0.3, 0.4) is 0 Å². The molecule has 2 N–H and O–H groups in total. The Bertz CT molecular complexity index is 422. The number of hydrogen-bond donors (Lipinski definition) is 2. The Morgan fingerprint density at radius 2 is 2.09 bits per heavy atom. The molecule has 0 aliphatic carbocycles. The highest BCUT2D eigenvalue weighted by molar-refractivity contribution is 5.79. The largest absolute Gasteiger partial charge is 0.357 e. The van der Waals surface area contributed by atoms with E-state index in [0.717, 1.165) is 44.4 Å². The molecule has 5 heteroatoms. The van der Waals surface area contributed by atoms with Crippen LogP contribution in [0.4, 0.5) is 0 Å². The van der Waals surface area contributed by atoms with Gasteiger partial charge in [-0.2, -0.15) is 5.10 Å². The van der Waals surface area contributed by atoms with Crippen LogP contribution in [0.25, 0.3) is 0 Å². The van der Waals surface area contributed by atoms with Crippen molar-refractivity contribution in [3.63, 3.8) is 0 Å². The predicted molar refractivity (Wildman–Crippen MR) is 94.2 cm³/mol. The van der Waals surface area contributed by atoms with E-state index < -0.39 is 0 Å². The number of nitrogens with one attached hydrogen (secondary N) is 2. The van der Waals surface area contributed by atoms with Gasteiger partial charge in [-0.3, -0.25) is 9.67 Å². The molecule has 1 heterocycles. The number of guanidine groups is 1. The summed E-state index contributed by atoms with van der Waals surface area (Å²) in [6, 6.07) is 0. The minimum absolute atomic E-state index is 0.800. The summed E-state index contributed by atoms with van der Waals surface area (Å²) in [6.07, 6.45) is 9.88. The summed E-state index contributed by atoms with van der Waals surface area (Å²) in [7, 11) is 1.95. The average Bonchev–Trinajstić information content (AvgIpc) is 2.88. The molecule has 0 atom stereocenters. The van der Waals surface area contributed by atoms with Crippen molar-refractivity contribution in [2.24, 2.45) is 18.0 Å². The second-order valence-corrected chi connectivity index (χ2v) is 6.20. The van der Waals surface area contributed by atoms with Gasteiger partial charge >= 0.3 is 0 Å². The molecule has 0 saturated carbocycles. The maximum Gasteiger partial charge on any atom is 0.191 e. The average molecular weight is 307 g/mol. The number of rotatable bonds is 10. The van der Waals surface area contributed by atoms with Crippen molar-refractivity contribution in [3.05, 3.63) is 18.0 Å². The Morgan fingerprint density at radius 1 is 1.27 bits per heavy atom. The summed E-state index contributed by atoms with van der Waals surface area (Å²) in [6.45, 7) is 9.41. The Morgan fingerprint density at radius 3 is 2.73 bits per heavy atom. The fourth-order valence-electron chi connectivity index (χ4n) is 2.30. The van der Waals surface area contributed by atoms with Gasteiger partial charge < -0.3 is 10.6 Å². The fraction of sp³-hybridized carbons (Fsp3) is 0.765. The summed E-state index contributed by atoms with van der Waals surface area (Å²) in [5.41, 5.74) is 1.28. The van der Waals surface area contributed by atoms with Gasteiger partial charge in [-0.15, -0.1) is 0 Å². The zero-order valence-corrected chi connectivity index (χ0v) is 14.7. The van der Waals surface area contributed by atoms with Gasteiger partial charge in [-0.1, -0.05) is 26.7 Å². The van der Waals surface area contributed by atoms with E-state index >= 15 is 0 Å². The molecule has 1 aromatic rings. The van der Waals surface area contributed by atoms with Gasteiger partial charge in [0.15, 0.2) is 5.96 Å². The van der Waals surface area contributed by atoms with Gasteiger partial charge in [0, 0.05) is 32.9 Å². The highest BCUT2D eigenvalue weighted by atomic mass is 15.2. The van der Waals surface area contributed by atoms with E-state index in [1.54, 1.807) is 0 Å². The molecule has 5 nitrogen and oxygen atoms in total. The summed E-state index contributed by atoms with van der Waals surface area (Å²) < 4.78 is 1.85. The van der Waals surface area contributed by atoms with Crippen LogP contribution in [0.15, 0.2) is 17.4 Å². The number of aromatic nitrogens is 2. The molecule has 0 bridgehead atoms. The molecule has 1 rings (SSSR count). The molecule has 0 aromatic carbocycles. The molecule has 0 aliphatic heterocycles. The second-order valence-electron chi connectivity index (χ2n) is 6.20. The van der Waals surface area contributed by atoms with Gasteiger partial charge in [0.2, 0.25) is 0 Å². The monoisotopic (exact) mass is 307 g/mol. The second kappa shape index (κ2) is 11.1. The van der Waals surface area contributed by atoms with Crippen LogP contribution >= 0.6 is 0 Å². The molecule has 0 aliphatic rings. The smallest absolute Gasteiger partial charge is 0.191 e. The molecule has 0 radical (unpaired) electrons. The molecular weight excluding hydrogens is 274 g/mol. The van der Waals surface area contributed by atoms with Crippen LogP contribution in [0.2, 0.25) is 0 Å². The molecule has 1 aromatic heterocycles. The highest BCUT2D eigenvalue weighted by Gasteiger charge is 1.99. The zero-order valence-electron chi connectivity index (χ0n) is 14.7. The van der Waals surface area contributed by atoms with E-state index in [0.29, 0.717) is 0 Å². The SMILES string of the molecule is CCNC(=NCCCc1cnn(C)c1)NCCCCC(C)C. The minimum atomic E-state index is 0.800. The van der Waals surface area contributed by atoms with Gasteiger partial charge in [0.25, 0.3) is 0 Å². The lowest BCUT2D eigenvalue weighted by Crippen LogP contribution is -2.37. The summed E-state index contributed by atoms with van der Waals surface area (Å²) in [5, 5.41) is 10.9. The van der Waals surface area contributed by atoms with E-state index in [4.69, 9.17) is 0 Å². The standard InChI is InChI=1S/C17H33N5/c1-5-18-17(19-11-7-6-9-15(2)3)20-12-8-10-16-13-21-22(4)14-16/h13-15H,5-12H2,1-4H3,(H2,18,19,20). The molecule has 22 heavy (non-hydrogen) atoms. The van der Waals surface area contributed by atoms with Gasteiger partial charge in [0.05, 0.1) is 6.20 Å². The molecule has 0 saturated heterocycles. The first-order valence-electron chi connectivity index (χ1n) is 8.61. The Hall–Kier alpha value is -1.52. The van der Waals surface area contributed by atoms with E-state index in [1.807, 2.05) is 17.9 Å². The van der Waals surface area contributed by atoms with E-state index in [2.05, 4.69) is 47.7 Å². The number of unbranched alkanes of at least 4 members (excludes halogenated alkanes) is 1. The molecule has 0 amide bonds.